The molecule has 0 saturated carbocycles. The number of halogens is 1. The number of fused-ring (bicyclic) bond motifs is 7. The first kappa shape index (κ1) is 20.0. The van der Waals surface area contributed by atoms with Crippen LogP contribution in [-0.2, 0) is 19.9 Å². The van der Waals surface area contributed by atoms with Crippen LogP contribution >= 0.6 is 0 Å². The maximum atomic E-state index is 14.3. The number of rotatable bonds is 2. The van der Waals surface area contributed by atoms with Gasteiger partial charge in [0.1, 0.15) is 11.4 Å². The number of carbonyl (C=O) groups is 3. The highest BCUT2D eigenvalue weighted by Crippen LogP contribution is 2.60. The number of anilines is 2. The molecule has 0 radical (unpaired) electrons. The van der Waals surface area contributed by atoms with Gasteiger partial charge in [0.2, 0.25) is 17.7 Å². The summed E-state index contributed by atoms with van der Waals surface area (Å²) in [6.07, 6.45) is 1.40. The van der Waals surface area contributed by atoms with Crippen molar-refractivity contribution in [2.75, 3.05) is 16.8 Å². The molecule has 4 atom stereocenters. The van der Waals surface area contributed by atoms with E-state index in [2.05, 4.69) is 5.32 Å². The van der Waals surface area contributed by atoms with Crippen molar-refractivity contribution in [2.24, 2.45) is 11.8 Å². The van der Waals surface area contributed by atoms with Crippen LogP contribution in [-0.4, -0.2) is 40.1 Å². The van der Waals surface area contributed by atoms with Gasteiger partial charge >= 0.3 is 0 Å². The summed E-state index contributed by atoms with van der Waals surface area (Å²) in [6.45, 7) is 2.12. The van der Waals surface area contributed by atoms with Crippen LogP contribution in [0.3, 0.4) is 0 Å². The molecule has 6 rings (SSSR count). The average molecular weight is 450 g/mol. The zero-order chi connectivity index (χ0) is 23.2. The monoisotopic (exact) mass is 450 g/mol. The predicted molar refractivity (Wildman–Crippen MR) is 114 cm³/mol. The van der Waals surface area contributed by atoms with Gasteiger partial charge in [0.15, 0.2) is 0 Å². The van der Waals surface area contributed by atoms with Gasteiger partial charge in [-0.3, -0.25) is 29.4 Å². The fourth-order valence-electron chi connectivity index (χ4n) is 6.42. The van der Waals surface area contributed by atoms with Crippen molar-refractivity contribution in [3.05, 3.63) is 63.5 Å². The van der Waals surface area contributed by atoms with E-state index in [1.165, 1.54) is 36.4 Å². The fraction of sp³-hybridized carbons (Fsp3) is 0.348. The summed E-state index contributed by atoms with van der Waals surface area (Å²) in [7, 11) is 0. The number of non-ortho nitro benzene ring substituents is 1. The van der Waals surface area contributed by atoms with Gasteiger partial charge in [-0.05, 0) is 56.1 Å². The molecule has 33 heavy (non-hydrogen) atoms. The molecule has 168 valence electrons. The molecule has 4 aliphatic rings. The van der Waals surface area contributed by atoms with Crippen LogP contribution in [0.1, 0.15) is 24.0 Å². The molecule has 2 aromatic carbocycles. The molecule has 0 aliphatic carbocycles. The van der Waals surface area contributed by atoms with Crippen LogP contribution in [0.4, 0.5) is 21.5 Å². The van der Waals surface area contributed by atoms with Crippen LogP contribution in [0.5, 0.6) is 0 Å². The smallest absolute Gasteiger partial charge is 0.269 e. The number of nitrogens with zero attached hydrogens (tertiary/aromatic N) is 3. The minimum Gasteiger partial charge on any atom is -0.324 e. The Morgan fingerprint density at radius 2 is 1.94 bits per heavy atom. The summed E-state index contributed by atoms with van der Waals surface area (Å²) in [5.74, 6) is -3.67. The summed E-state index contributed by atoms with van der Waals surface area (Å²) in [5, 5.41) is 13.9. The van der Waals surface area contributed by atoms with Gasteiger partial charge in [0, 0.05) is 29.4 Å². The number of nitro groups is 1. The summed E-state index contributed by atoms with van der Waals surface area (Å²) in [6, 6.07) is 7.65. The maximum absolute atomic E-state index is 14.3. The van der Waals surface area contributed by atoms with Gasteiger partial charge in [-0.1, -0.05) is 0 Å². The van der Waals surface area contributed by atoms with Gasteiger partial charge in [-0.25, -0.2) is 9.29 Å². The van der Waals surface area contributed by atoms with Crippen molar-refractivity contribution >= 4 is 34.8 Å². The number of nitrogens with one attached hydrogen (secondary N) is 1. The Morgan fingerprint density at radius 3 is 2.67 bits per heavy atom. The molecule has 9 nitrogen and oxygen atoms in total. The van der Waals surface area contributed by atoms with E-state index in [0.29, 0.717) is 29.8 Å². The lowest BCUT2D eigenvalue weighted by molar-refractivity contribution is -0.384. The van der Waals surface area contributed by atoms with Crippen LogP contribution in [0.25, 0.3) is 0 Å². The highest BCUT2D eigenvalue weighted by Gasteiger charge is 2.74. The lowest BCUT2D eigenvalue weighted by Gasteiger charge is -2.36. The molecule has 4 heterocycles. The third-order valence-electron chi connectivity index (χ3n) is 7.59. The molecule has 3 amide bonds. The molecule has 4 aliphatic heterocycles. The quantitative estimate of drug-likeness (QED) is 0.427. The van der Waals surface area contributed by atoms with Crippen molar-refractivity contribution in [3.63, 3.8) is 0 Å². The minimum atomic E-state index is -1.46. The van der Waals surface area contributed by atoms with Crippen LogP contribution < -0.4 is 10.2 Å². The van der Waals surface area contributed by atoms with Gasteiger partial charge in [0.05, 0.1) is 22.4 Å². The number of amides is 3. The van der Waals surface area contributed by atoms with Crippen LogP contribution in [0.15, 0.2) is 36.4 Å². The Bertz CT molecular complexity index is 1300. The molecule has 1 N–H and O–H groups in total. The van der Waals surface area contributed by atoms with Crippen molar-refractivity contribution in [1.29, 1.82) is 0 Å². The van der Waals surface area contributed by atoms with Gasteiger partial charge in [0.25, 0.3) is 5.69 Å². The second kappa shape index (κ2) is 6.44. The first-order valence-electron chi connectivity index (χ1n) is 10.8. The Labute approximate surface area is 187 Å². The van der Waals surface area contributed by atoms with E-state index in [0.717, 1.165) is 11.3 Å². The van der Waals surface area contributed by atoms with E-state index in [9.17, 15) is 28.9 Å². The highest BCUT2D eigenvalue weighted by atomic mass is 19.1. The Balaban J connectivity index is 1.53. The molecular formula is C23H19FN4O5. The van der Waals surface area contributed by atoms with Crippen molar-refractivity contribution < 1.29 is 23.7 Å². The van der Waals surface area contributed by atoms with E-state index >= 15 is 0 Å². The minimum absolute atomic E-state index is 0.145. The van der Waals surface area contributed by atoms with Crippen LogP contribution in [0, 0.1) is 34.7 Å². The zero-order valence-corrected chi connectivity index (χ0v) is 17.6. The van der Waals surface area contributed by atoms with E-state index in [4.69, 9.17) is 0 Å². The van der Waals surface area contributed by atoms with E-state index in [-0.39, 0.29) is 17.4 Å². The summed E-state index contributed by atoms with van der Waals surface area (Å²) in [4.78, 5) is 54.6. The molecule has 3 fully saturated rings. The molecule has 0 aromatic heterocycles. The number of imide groups is 1. The summed E-state index contributed by atoms with van der Waals surface area (Å²) in [5.41, 5.74) is -0.103. The number of nitro benzene ring substituents is 1. The Kier molecular flexibility index (Phi) is 3.90. The largest absolute Gasteiger partial charge is 0.324 e. The maximum Gasteiger partial charge on any atom is 0.269 e. The fourth-order valence-corrected chi connectivity index (χ4v) is 6.42. The SMILES string of the molecule is Cc1cc([N+](=O)[O-])ccc1N1C(=O)[C@@H]2[C@@H]3CCCN3[C@@]3(C(=O)Nc4ccc(F)cc43)[C@H]2C1=O. The third-order valence-corrected chi connectivity index (χ3v) is 7.59. The van der Waals surface area contributed by atoms with E-state index in [1.807, 2.05) is 4.90 Å². The first-order chi connectivity index (χ1) is 15.8. The third kappa shape index (κ3) is 2.31. The summed E-state index contributed by atoms with van der Waals surface area (Å²) < 4.78 is 14.3. The molecule has 0 bridgehead atoms. The molecule has 10 heteroatoms. The number of carbonyl (C=O) groups excluding carboxylic acids is 3. The number of benzene rings is 2. The second-order valence-electron chi connectivity index (χ2n) is 9.06. The molecular weight excluding hydrogens is 431 g/mol. The average Bonchev–Trinajstić information content (AvgIpc) is 3.47. The van der Waals surface area contributed by atoms with E-state index in [1.54, 1.807) is 6.92 Å². The molecule has 1 spiro atoms. The van der Waals surface area contributed by atoms with Crippen molar-refractivity contribution in [2.45, 2.75) is 31.3 Å². The molecule has 3 saturated heterocycles. The van der Waals surface area contributed by atoms with Crippen molar-refractivity contribution in [1.82, 2.24) is 4.90 Å². The predicted octanol–water partition coefficient (Wildman–Crippen LogP) is 2.47. The Morgan fingerprint density at radius 1 is 1.15 bits per heavy atom. The normalized spacial score (nSPS) is 30.1. The standard InChI is InChI=1S/C23H19FN4O5/c1-11-9-13(28(32)33)5-7-16(11)27-20(29)18-17-3-2-8-26(17)23(19(18)21(27)30)14-10-12(24)4-6-15(14)25-22(23)31/h4-7,9-10,17-19H,2-3,8H2,1H3,(H,25,31)/t17-,18+,19+,23+/m0/s1. The topological polar surface area (TPSA) is 113 Å². The first-order valence-corrected chi connectivity index (χ1v) is 10.8. The number of aryl methyl sites for hydroxylation is 1. The highest BCUT2D eigenvalue weighted by molar-refractivity contribution is 6.26. The zero-order valence-electron chi connectivity index (χ0n) is 17.6. The van der Waals surface area contributed by atoms with Gasteiger partial charge < -0.3 is 5.32 Å². The van der Waals surface area contributed by atoms with E-state index < -0.39 is 45.8 Å². The molecule has 0 unspecified atom stereocenters. The second-order valence-corrected chi connectivity index (χ2v) is 9.06. The van der Waals surface area contributed by atoms with Gasteiger partial charge in [-0.2, -0.15) is 0 Å². The lowest BCUT2D eigenvalue weighted by atomic mass is 9.75. The van der Waals surface area contributed by atoms with Crippen molar-refractivity contribution in [3.8, 4) is 0 Å². The van der Waals surface area contributed by atoms with Gasteiger partial charge in [-0.15, -0.1) is 0 Å². The lowest BCUT2D eigenvalue weighted by Crippen LogP contribution is -2.54. The number of hydrogen-bond donors (Lipinski definition) is 1. The molecule has 2 aromatic rings. The Hall–Kier alpha value is -3.66. The summed E-state index contributed by atoms with van der Waals surface area (Å²) >= 11 is 0. The van der Waals surface area contributed by atoms with Crippen LogP contribution in [0.2, 0.25) is 0 Å². The number of hydrogen-bond acceptors (Lipinski definition) is 6.